The fourth-order valence-electron chi connectivity index (χ4n) is 3.77. The van der Waals surface area contributed by atoms with Crippen LogP contribution < -0.4 is 14.9 Å². The summed E-state index contributed by atoms with van der Waals surface area (Å²) in [5, 5.41) is 3.98. The van der Waals surface area contributed by atoms with Crippen LogP contribution in [-0.4, -0.2) is 35.9 Å². The molecule has 0 fully saturated rings. The highest BCUT2D eigenvalue weighted by molar-refractivity contribution is 9.10. The Kier molecular flexibility index (Phi) is 9.22. The van der Waals surface area contributed by atoms with Crippen LogP contribution >= 0.6 is 15.9 Å². The molecule has 0 aliphatic rings. The van der Waals surface area contributed by atoms with E-state index < -0.39 is 11.9 Å². The van der Waals surface area contributed by atoms with E-state index in [1.165, 1.54) is 6.21 Å². The topological polar surface area (TPSA) is 104 Å². The van der Waals surface area contributed by atoms with Crippen molar-refractivity contribution in [3.05, 3.63) is 99.7 Å². The van der Waals surface area contributed by atoms with Gasteiger partial charge in [0.1, 0.15) is 23.9 Å². The third-order valence-electron chi connectivity index (χ3n) is 5.62. The molecule has 2 heterocycles. The van der Waals surface area contributed by atoms with E-state index in [2.05, 4.69) is 57.0 Å². The van der Waals surface area contributed by atoms with Gasteiger partial charge in [0, 0.05) is 17.1 Å². The van der Waals surface area contributed by atoms with Crippen LogP contribution in [-0.2, 0) is 16.1 Å². The van der Waals surface area contributed by atoms with E-state index >= 15 is 0 Å². The summed E-state index contributed by atoms with van der Waals surface area (Å²) in [6.45, 7) is 6.14. The Hall–Kier alpha value is -4.31. The van der Waals surface area contributed by atoms with Crippen molar-refractivity contribution in [2.24, 2.45) is 5.10 Å². The first-order valence-electron chi connectivity index (χ1n) is 12.2. The molecule has 39 heavy (non-hydrogen) atoms. The highest BCUT2D eigenvalue weighted by Gasteiger charge is 2.12. The molecule has 10 heteroatoms. The van der Waals surface area contributed by atoms with Gasteiger partial charge in [0.2, 0.25) is 0 Å². The summed E-state index contributed by atoms with van der Waals surface area (Å²) in [7, 11) is 0. The molecule has 0 radical (unpaired) electrons. The number of aromatic nitrogens is 1. The maximum atomic E-state index is 12.4. The molecule has 9 nitrogen and oxygen atoms in total. The molecule has 0 saturated heterocycles. The number of nitrogens with one attached hydrogen (secondary N) is 1. The molecule has 1 N–H and O–H groups in total. The molecule has 0 spiro atoms. The van der Waals surface area contributed by atoms with E-state index in [-0.39, 0.29) is 19.0 Å². The standard InChI is InChI=1S/C29H28BrN3O6/c1-4-36-28(34)18-38-26-13-7-21(15-25(26)30)16-31-32-29(35)27-14-12-24(39-27)17-37-23-10-8-22(9-11-23)33-19(2)5-6-20(33)3/h5-16H,4,17-18H2,1-3H3,(H,32,35)/b31-16+. The van der Waals surface area contributed by atoms with E-state index in [1.807, 2.05) is 24.3 Å². The molecule has 0 bridgehead atoms. The third-order valence-corrected chi connectivity index (χ3v) is 6.24. The fourth-order valence-corrected chi connectivity index (χ4v) is 4.28. The molecule has 0 saturated carbocycles. The first-order chi connectivity index (χ1) is 18.8. The summed E-state index contributed by atoms with van der Waals surface area (Å²) in [5.74, 6) is 0.857. The lowest BCUT2D eigenvalue weighted by atomic mass is 10.2. The highest BCUT2D eigenvalue weighted by Crippen LogP contribution is 2.25. The fraction of sp³-hybridized carbons (Fsp3) is 0.207. The number of hydrogen-bond donors (Lipinski definition) is 1. The minimum atomic E-state index is -0.493. The molecule has 4 aromatic rings. The van der Waals surface area contributed by atoms with Gasteiger partial charge in [-0.05, 0) is 109 Å². The molecule has 4 rings (SSSR count). The number of carbonyl (C=O) groups excluding carboxylic acids is 2. The number of hydrogen-bond acceptors (Lipinski definition) is 7. The first-order valence-corrected chi connectivity index (χ1v) is 13.0. The lowest BCUT2D eigenvalue weighted by Crippen LogP contribution is -2.16. The quantitative estimate of drug-likeness (QED) is 0.135. The van der Waals surface area contributed by atoms with Crippen LogP contribution in [0.3, 0.4) is 0 Å². The Morgan fingerprint density at radius 1 is 1.00 bits per heavy atom. The molecule has 0 aliphatic carbocycles. The van der Waals surface area contributed by atoms with Gasteiger partial charge in [0.05, 0.1) is 17.3 Å². The van der Waals surface area contributed by atoms with Gasteiger partial charge in [-0.2, -0.15) is 5.10 Å². The number of esters is 1. The predicted molar refractivity (Wildman–Crippen MR) is 150 cm³/mol. The molecule has 202 valence electrons. The van der Waals surface area contributed by atoms with Crippen LogP contribution in [0.15, 0.2) is 80.7 Å². The molecule has 0 unspecified atom stereocenters. The first kappa shape index (κ1) is 27.7. The second-order valence-electron chi connectivity index (χ2n) is 8.48. The number of carbonyl (C=O) groups is 2. The molecule has 2 aromatic heterocycles. The predicted octanol–water partition coefficient (Wildman–Crippen LogP) is 5.73. The summed E-state index contributed by atoms with van der Waals surface area (Å²) in [6.07, 6.45) is 1.48. The number of hydrazone groups is 1. The summed E-state index contributed by atoms with van der Waals surface area (Å²) >= 11 is 3.39. The number of ether oxygens (including phenoxy) is 3. The van der Waals surface area contributed by atoms with Gasteiger partial charge in [-0.3, -0.25) is 4.79 Å². The van der Waals surface area contributed by atoms with E-state index in [4.69, 9.17) is 18.6 Å². The van der Waals surface area contributed by atoms with Crippen LogP contribution in [0.25, 0.3) is 5.69 Å². The summed E-state index contributed by atoms with van der Waals surface area (Å²) in [4.78, 5) is 23.9. The van der Waals surface area contributed by atoms with Gasteiger partial charge in [-0.25, -0.2) is 10.2 Å². The number of furan rings is 1. The molecular formula is C29H28BrN3O6. The zero-order valence-corrected chi connectivity index (χ0v) is 23.4. The smallest absolute Gasteiger partial charge is 0.344 e. The van der Waals surface area contributed by atoms with Gasteiger partial charge >= 0.3 is 11.9 Å². The van der Waals surface area contributed by atoms with Crippen molar-refractivity contribution in [1.29, 1.82) is 0 Å². The van der Waals surface area contributed by atoms with Crippen molar-refractivity contribution in [1.82, 2.24) is 9.99 Å². The Balaban J connectivity index is 1.26. The van der Waals surface area contributed by atoms with Gasteiger partial charge < -0.3 is 23.2 Å². The van der Waals surface area contributed by atoms with E-state index in [0.717, 1.165) is 17.1 Å². The van der Waals surface area contributed by atoms with Crippen LogP contribution in [0.4, 0.5) is 0 Å². The maximum absolute atomic E-state index is 12.4. The second-order valence-corrected chi connectivity index (χ2v) is 9.34. The highest BCUT2D eigenvalue weighted by atomic mass is 79.9. The number of halogens is 1. The molecule has 0 aliphatic heterocycles. The van der Waals surface area contributed by atoms with Crippen LogP contribution in [0.1, 0.15) is 40.2 Å². The third kappa shape index (κ3) is 7.38. The lowest BCUT2D eigenvalue weighted by Gasteiger charge is -2.10. The van der Waals surface area contributed by atoms with E-state index in [9.17, 15) is 9.59 Å². The van der Waals surface area contributed by atoms with Crippen molar-refractivity contribution < 1.29 is 28.2 Å². The zero-order valence-electron chi connectivity index (χ0n) is 21.8. The van der Waals surface area contributed by atoms with Crippen LogP contribution in [0.5, 0.6) is 11.5 Å². The minimum Gasteiger partial charge on any atom is -0.486 e. The molecule has 0 atom stereocenters. The normalized spacial score (nSPS) is 11.0. The molecular weight excluding hydrogens is 566 g/mol. The summed E-state index contributed by atoms with van der Waals surface area (Å²) in [5.41, 5.74) is 6.52. The molecule has 1 amide bonds. The number of rotatable bonds is 11. The minimum absolute atomic E-state index is 0.114. The Labute approximate surface area is 234 Å². The van der Waals surface area contributed by atoms with Gasteiger partial charge in [0.25, 0.3) is 0 Å². The van der Waals surface area contributed by atoms with Crippen molar-refractivity contribution in [2.75, 3.05) is 13.2 Å². The Bertz CT molecular complexity index is 1450. The maximum Gasteiger partial charge on any atom is 0.344 e. The van der Waals surface area contributed by atoms with Crippen LogP contribution in [0.2, 0.25) is 0 Å². The summed E-state index contributed by atoms with van der Waals surface area (Å²) in [6, 6.07) is 20.4. The SMILES string of the molecule is CCOC(=O)COc1ccc(/C=N/NC(=O)c2ccc(COc3ccc(-n4c(C)ccc4C)cc3)o2)cc1Br. The number of amides is 1. The van der Waals surface area contributed by atoms with E-state index in [1.54, 1.807) is 37.3 Å². The van der Waals surface area contributed by atoms with Gasteiger partial charge in [0.15, 0.2) is 12.4 Å². The average Bonchev–Trinajstić information content (AvgIpc) is 3.53. The zero-order chi connectivity index (χ0) is 27.8. The van der Waals surface area contributed by atoms with E-state index in [0.29, 0.717) is 33.9 Å². The largest absolute Gasteiger partial charge is 0.486 e. The van der Waals surface area contributed by atoms with Crippen molar-refractivity contribution in [2.45, 2.75) is 27.4 Å². The van der Waals surface area contributed by atoms with Gasteiger partial charge in [-0.1, -0.05) is 0 Å². The lowest BCUT2D eigenvalue weighted by molar-refractivity contribution is -0.145. The van der Waals surface area contributed by atoms with Gasteiger partial charge in [-0.15, -0.1) is 0 Å². The summed E-state index contributed by atoms with van der Waals surface area (Å²) < 4.78 is 24.5. The average molecular weight is 594 g/mol. The Morgan fingerprint density at radius 3 is 2.44 bits per heavy atom. The number of aryl methyl sites for hydroxylation is 2. The number of benzene rings is 2. The Morgan fingerprint density at radius 2 is 1.74 bits per heavy atom. The van der Waals surface area contributed by atoms with Crippen molar-refractivity contribution >= 4 is 34.0 Å². The second kappa shape index (κ2) is 13.0. The monoisotopic (exact) mass is 593 g/mol. The van der Waals surface area contributed by atoms with Crippen molar-refractivity contribution in [3.63, 3.8) is 0 Å². The van der Waals surface area contributed by atoms with Crippen molar-refractivity contribution in [3.8, 4) is 17.2 Å². The van der Waals surface area contributed by atoms with Crippen LogP contribution in [0, 0.1) is 13.8 Å². The number of nitrogens with zero attached hydrogens (tertiary/aromatic N) is 2. The molecule has 2 aromatic carbocycles.